The van der Waals surface area contributed by atoms with Crippen molar-refractivity contribution >= 4 is 5.97 Å². The van der Waals surface area contributed by atoms with Gasteiger partial charge in [0.15, 0.2) is 6.61 Å². The fourth-order valence-electron chi connectivity index (χ4n) is 1.03. The van der Waals surface area contributed by atoms with Crippen LogP contribution in [-0.2, 0) is 4.79 Å². The van der Waals surface area contributed by atoms with Crippen molar-refractivity contribution in [3.05, 3.63) is 24.3 Å². The van der Waals surface area contributed by atoms with E-state index >= 15 is 0 Å². The summed E-state index contributed by atoms with van der Waals surface area (Å²) in [7, 11) is 0. The van der Waals surface area contributed by atoms with Gasteiger partial charge in [0.25, 0.3) is 5.92 Å². The van der Waals surface area contributed by atoms with Crippen LogP contribution in [0.2, 0.25) is 0 Å². The molecule has 0 bridgehead atoms. The number of benzene rings is 1. The van der Waals surface area contributed by atoms with Crippen LogP contribution in [0.5, 0.6) is 11.5 Å². The Morgan fingerprint density at radius 1 is 1.44 bits per heavy atom. The fourth-order valence-corrected chi connectivity index (χ4v) is 1.03. The smallest absolute Gasteiger partial charge is 0.309 e. The molecule has 0 saturated carbocycles. The molecule has 0 saturated heterocycles. The van der Waals surface area contributed by atoms with Crippen molar-refractivity contribution in [2.75, 3.05) is 6.61 Å². The molecule has 0 aliphatic rings. The summed E-state index contributed by atoms with van der Waals surface area (Å²) >= 11 is 0. The molecule has 0 fully saturated rings. The van der Waals surface area contributed by atoms with Crippen LogP contribution in [0, 0.1) is 0 Å². The van der Waals surface area contributed by atoms with Gasteiger partial charge < -0.3 is 14.9 Å². The highest BCUT2D eigenvalue weighted by atomic mass is 19.3. The number of carboxylic acids is 1. The number of carbonyl (C=O) groups is 1. The summed E-state index contributed by atoms with van der Waals surface area (Å²) in [5, 5.41) is 17.2. The molecular weight excluding hydrogens is 222 g/mol. The molecular formula is C10H10F2O4. The van der Waals surface area contributed by atoms with Crippen LogP contribution in [0.1, 0.15) is 6.42 Å². The number of alkyl halides is 2. The predicted molar refractivity (Wildman–Crippen MR) is 50.8 cm³/mol. The van der Waals surface area contributed by atoms with Gasteiger partial charge in [0.1, 0.15) is 17.9 Å². The monoisotopic (exact) mass is 232 g/mol. The number of phenols is 1. The number of hydrogen-bond acceptors (Lipinski definition) is 3. The largest absolute Gasteiger partial charge is 0.508 e. The summed E-state index contributed by atoms with van der Waals surface area (Å²) in [6.45, 7) is -1.04. The quantitative estimate of drug-likeness (QED) is 0.813. The molecule has 0 atom stereocenters. The zero-order chi connectivity index (χ0) is 12.2. The van der Waals surface area contributed by atoms with Gasteiger partial charge in [-0.1, -0.05) is 6.07 Å². The average molecular weight is 232 g/mol. The summed E-state index contributed by atoms with van der Waals surface area (Å²) in [5.41, 5.74) is 0. The number of rotatable bonds is 5. The molecule has 1 rings (SSSR count). The molecule has 1 aromatic rings. The first-order valence-electron chi connectivity index (χ1n) is 4.40. The Kier molecular flexibility index (Phi) is 3.65. The lowest BCUT2D eigenvalue weighted by atomic mass is 10.2. The molecule has 0 radical (unpaired) electrons. The van der Waals surface area contributed by atoms with E-state index in [0.717, 1.165) is 6.07 Å². The van der Waals surface area contributed by atoms with Crippen LogP contribution in [0.25, 0.3) is 0 Å². The summed E-state index contributed by atoms with van der Waals surface area (Å²) in [6.07, 6.45) is -1.29. The van der Waals surface area contributed by atoms with Crippen LogP contribution in [0.4, 0.5) is 8.78 Å². The minimum atomic E-state index is -3.43. The third kappa shape index (κ3) is 4.12. The van der Waals surface area contributed by atoms with Gasteiger partial charge in [-0.05, 0) is 12.1 Å². The SMILES string of the molecule is O=C(O)CC(F)(F)COc1cccc(O)c1. The molecule has 1 aromatic carbocycles. The van der Waals surface area contributed by atoms with Crippen molar-refractivity contribution in [2.45, 2.75) is 12.3 Å². The standard InChI is InChI=1S/C10H10F2O4/c11-10(12,5-9(14)15)6-16-8-3-1-2-7(13)4-8/h1-4,13H,5-6H2,(H,14,15). The van der Waals surface area contributed by atoms with Crippen molar-refractivity contribution in [3.8, 4) is 11.5 Å². The molecule has 0 amide bonds. The lowest BCUT2D eigenvalue weighted by Crippen LogP contribution is -2.28. The second kappa shape index (κ2) is 4.78. The highest BCUT2D eigenvalue weighted by Crippen LogP contribution is 2.23. The van der Waals surface area contributed by atoms with Crippen molar-refractivity contribution in [1.82, 2.24) is 0 Å². The van der Waals surface area contributed by atoms with E-state index in [1.54, 1.807) is 0 Å². The molecule has 0 heterocycles. The number of aliphatic carboxylic acids is 1. The van der Waals surface area contributed by atoms with E-state index in [4.69, 9.17) is 10.2 Å². The predicted octanol–water partition coefficient (Wildman–Crippen LogP) is 1.88. The van der Waals surface area contributed by atoms with E-state index in [9.17, 15) is 13.6 Å². The average Bonchev–Trinajstić information content (AvgIpc) is 2.13. The normalized spacial score (nSPS) is 11.1. The van der Waals surface area contributed by atoms with Gasteiger partial charge in [-0.2, -0.15) is 0 Å². The number of hydrogen-bond donors (Lipinski definition) is 2. The number of carboxylic acid groups (broad SMARTS) is 1. The lowest BCUT2D eigenvalue weighted by molar-refractivity contribution is -0.147. The van der Waals surface area contributed by atoms with Gasteiger partial charge >= 0.3 is 5.97 Å². The molecule has 0 spiro atoms. The van der Waals surface area contributed by atoms with Gasteiger partial charge in [-0.15, -0.1) is 0 Å². The Bertz CT molecular complexity index is 379. The molecule has 0 aromatic heterocycles. The Hall–Kier alpha value is -1.85. The molecule has 2 N–H and O–H groups in total. The Morgan fingerprint density at radius 2 is 2.12 bits per heavy atom. The number of halogens is 2. The van der Waals surface area contributed by atoms with Crippen molar-refractivity contribution in [2.24, 2.45) is 0 Å². The van der Waals surface area contributed by atoms with Crippen molar-refractivity contribution < 1.29 is 28.5 Å². The number of phenolic OH excluding ortho intramolecular Hbond substituents is 1. The zero-order valence-corrected chi connectivity index (χ0v) is 8.19. The molecule has 6 heteroatoms. The van der Waals surface area contributed by atoms with Gasteiger partial charge in [-0.3, -0.25) is 4.79 Å². The Balaban J connectivity index is 2.54. The summed E-state index contributed by atoms with van der Waals surface area (Å²) < 4.78 is 30.5. The van der Waals surface area contributed by atoms with Gasteiger partial charge in [0.2, 0.25) is 0 Å². The van der Waals surface area contributed by atoms with Crippen LogP contribution < -0.4 is 4.74 Å². The van der Waals surface area contributed by atoms with Gasteiger partial charge in [0, 0.05) is 6.07 Å². The van der Waals surface area contributed by atoms with Gasteiger partial charge in [-0.25, -0.2) is 8.78 Å². The Morgan fingerprint density at radius 3 is 2.69 bits per heavy atom. The number of aromatic hydroxyl groups is 1. The summed E-state index contributed by atoms with van der Waals surface area (Å²) in [6, 6.07) is 5.34. The molecule has 88 valence electrons. The third-order valence-corrected chi connectivity index (χ3v) is 1.68. The molecule has 0 aliphatic heterocycles. The molecule has 0 aliphatic carbocycles. The molecule has 4 nitrogen and oxygen atoms in total. The first kappa shape index (κ1) is 12.2. The van der Waals surface area contributed by atoms with E-state index in [2.05, 4.69) is 4.74 Å². The maximum atomic E-state index is 12.9. The highest BCUT2D eigenvalue weighted by molar-refractivity contribution is 5.67. The van der Waals surface area contributed by atoms with Crippen LogP contribution in [0.3, 0.4) is 0 Å². The summed E-state index contributed by atoms with van der Waals surface area (Å²) in [4.78, 5) is 10.1. The second-order valence-corrected chi connectivity index (χ2v) is 3.21. The molecule has 16 heavy (non-hydrogen) atoms. The lowest BCUT2D eigenvalue weighted by Gasteiger charge is -2.14. The minimum Gasteiger partial charge on any atom is -0.508 e. The first-order chi connectivity index (χ1) is 7.39. The fraction of sp³-hybridized carbons (Fsp3) is 0.300. The van der Waals surface area contributed by atoms with E-state index in [-0.39, 0.29) is 11.5 Å². The van der Waals surface area contributed by atoms with Crippen molar-refractivity contribution in [3.63, 3.8) is 0 Å². The van der Waals surface area contributed by atoms with Crippen LogP contribution in [-0.4, -0.2) is 28.7 Å². The third-order valence-electron chi connectivity index (χ3n) is 1.68. The summed E-state index contributed by atoms with van der Waals surface area (Å²) in [5.74, 6) is -5.08. The van der Waals surface area contributed by atoms with Crippen molar-refractivity contribution in [1.29, 1.82) is 0 Å². The maximum absolute atomic E-state index is 12.9. The van der Waals surface area contributed by atoms with Crippen LogP contribution >= 0.6 is 0 Å². The van der Waals surface area contributed by atoms with E-state index < -0.39 is 24.9 Å². The maximum Gasteiger partial charge on any atom is 0.309 e. The topological polar surface area (TPSA) is 66.8 Å². The Labute approximate surface area is 90.1 Å². The molecule has 0 unspecified atom stereocenters. The highest BCUT2D eigenvalue weighted by Gasteiger charge is 2.33. The minimum absolute atomic E-state index is 0.0602. The zero-order valence-electron chi connectivity index (χ0n) is 8.19. The van der Waals surface area contributed by atoms with E-state index in [1.165, 1.54) is 18.2 Å². The van der Waals surface area contributed by atoms with E-state index in [0.29, 0.717) is 0 Å². The van der Waals surface area contributed by atoms with Crippen LogP contribution in [0.15, 0.2) is 24.3 Å². The first-order valence-corrected chi connectivity index (χ1v) is 4.40. The van der Waals surface area contributed by atoms with Gasteiger partial charge in [0.05, 0.1) is 0 Å². The number of ether oxygens (including phenoxy) is 1. The second-order valence-electron chi connectivity index (χ2n) is 3.21. The van der Waals surface area contributed by atoms with E-state index in [1.807, 2.05) is 0 Å².